The van der Waals surface area contributed by atoms with E-state index in [0.29, 0.717) is 32.8 Å². The number of amides is 2. The van der Waals surface area contributed by atoms with E-state index in [1.54, 1.807) is 0 Å². The highest BCUT2D eigenvalue weighted by Crippen LogP contribution is 2.40. The molecule has 3 aromatic carbocycles. The second kappa shape index (κ2) is 9.85. The quantitative estimate of drug-likeness (QED) is 0.241. The van der Waals surface area contributed by atoms with Gasteiger partial charge in [-0.25, -0.2) is 9.97 Å². The molecule has 5 aromatic rings. The highest BCUT2D eigenvalue weighted by atomic mass is 32.1. The molecule has 0 radical (unpaired) electrons. The van der Waals surface area contributed by atoms with Gasteiger partial charge in [0.15, 0.2) is 10.3 Å². The summed E-state index contributed by atoms with van der Waals surface area (Å²) >= 11 is 2.83. The number of allylic oxidation sites excluding steroid dienone is 2. The number of nitrogens with zero attached hydrogens (tertiary/aromatic N) is 2. The number of para-hydroxylation sites is 2. The summed E-state index contributed by atoms with van der Waals surface area (Å²) in [5, 5.41) is 10.2. The van der Waals surface area contributed by atoms with Crippen LogP contribution in [0.5, 0.6) is 0 Å². The Kier molecular flexibility index (Phi) is 6.22. The lowest BCUT2D eigenvalue weighted by molar-refractivity contribution is -0.113. The molecule has 0 bridgehead atoms. The third kappa shape index (κ3) is 4.46. The van der Waals surface area contributed by atoms with Crippen molar-refractivity contribution in [2.24, 2.45) is 0 Å². The van der Waals surface area contributed by atoms with Crippen LogP contribution in [0.15, 0.2) is 101 Å². The van der Waals surface area contributed by atoms with Gasteiger partial charge in [0.2, 0.25) is 0 Å². The molecular weight excluding hydrogens is 514 g/mol. The third-order valence-corrected chi connectivity index (χ3v) is 8.31. The predicted octanol–water partition coefficient (Wildman–Crippen LogP) is 6.42. The average molecular weight is 538 g/mol. The van der Waals surface area contributed by atoms with Gasteiger partial charge in [-0.1, -0.05) is 77.3 Å². The van der Waals surface area contributed by atoms with Crippen LogP contribution in [-0.4, -0.2) is 21.8 Å². The molecule has 0 atom stereocenters. The van der Waals surface area contributed by atoms with Gasteiger partial charge in [0.05, 0.1) is 20.4 Å². The minimum atomic E-state index is -0.582. The molecule has 9 heteroatoms. The first-order valence-corrected chi connectivity index (χ1v) is 13.7. The highest BCUT2D eigenvalue weighted by Gasteiger charge is 2.37. The fourth-order valence-corrected chi connectivity index (χ4v) is 6.48. The number of nitrogens with one attached hydrogen (secondary N) is 3. The fraction of sp³-hybridized carbons (Fsp3) is 0.103. The summed E-state index contributed by atoms with van der Waals surface area (Å²) in [5.74, 6) is -1.19. The molecule has 1 aliphatic rings. The normalized spacial score (nSPS) is 14.2. The van der Waals surface area contributed by atoms with E-state index in [2.05, 4.69) is 25.9 Å². The van der Waals surface area contributed by atoms with Crippen LogP contribution >= 0.6 is 22.7 Å². The summed E-state index contributed by atoms with van der Waals surface area (Å²) in [6, 6.07) is 25.1. The number of aromatic nitrogens is 2. The Morgan fingerprint density at radius 2 is 1.13 bits per heavy atom. The van der Waals surface area contributed by atoms with E-state index in [1.165, 1.54) is 22.7 Å². The van der Waals surface area contributed by atoms with Crippen molar-refractivity contribution >= 4 is 65.2 Å². The standard InChI is InChI=1S/C29H23N5O2S2/c1-16-23(26(35)33-28-31-19-12-6-8-14-21(19)37-28)25(18-10-4-3-5-11-18)24(17(2)30-16)27(36)34-29-32-20-13-7-9-15-22(20)38-29/h3-15,25,30H,1-2H3,(H,31,33,35)(H,32,34,36). The van der Waals surface area contributed by atoms with Crippen LogP contribution in [0.1, 0.15) is 25.3 Å². The molecular formula is C29H23N5O2S2. The Morgan fingerprint density at radius 3 is 1.61 bits per heavy atom. The lowest BCUT2D eigenvalue weighted by Gasteiger charge is -2.31. The van der Waals surface area contributed by atoms with Gasteiger partial charge in [-0.2, -0.15) is 0 Å². The molecule has 0 unspecified atom stereocenters. The van der Waals surface area contributed by atoms with E-state index in [1.807, 2.05) is 92.7 Å². The van der Waals surface area contributed by atoms with Crippen molar-refractivity contribution in [1.29, 1.82) is 0 Å². The van der Waals surface area contributed by atoms with Crippen molar-refractivity contribution in [3.63, 3.8) is 0 Å². The molecule has 0 aliphatic carbocycles. The molecule has 188 valence electrons. The second-order valence-electron chi connectivity index (χ2n) is 8.93. The number of thiazole rings is 2. The Morgan fingerprint density at radius 1 is 0.684 bits per heavy atom. The largest absolute Gasteiger partial charge is 0.362 e. The number of anilines is 2. The first-order chi connectivity index (χ1) is 18.5. The lowest BCUT2D eigenvalue weighted by atomic mass is 9.79. The minimum absolute atomic E-state index is 0.305. The molecule has 6 rings (SSSR count). The maximum absolute atomic E-state index is 13.8. The number of benzene rings is 3. The van der Waals surface area contributed by atoms with Crippen molar-refractivity contribution in [3.05, 3.63) is 107 Å². The van der Waals surface area contributed by atoms with Gasteiger partial charge in [-0.3, -0.25) is 20.2 Å². The van der Waals surface area contributed by atoms with Crippen molar-refractivity contribution in [1.82, 2.24) is 15.3 Å². The zero-order chi connectivity index (χ0) is 26.2. The van der Waals surface area contributed by atoms with Crippen LogP contribution in [0.2, 0.25) is 0 Å². The molecule has 3 heterocycles. The molecule has 7 nitrogen and oxygen atoms in total. The topological polar surface area (TPSA) is 96.0 Å². The van der Waals surface area contributed by atoms with E-state index in [-0.39, 0.29) is 11.8 Å². The van der Waals surface area contributed by atoms with E-state index < -0.39 is 5.92 Å². The molecule has 38 heavy (non-hydrogen) atoms. The Labute approximate surface area is 227 Å². The SMILES string of the molecule is CC1=C(C(=O)Nc2nc3ccccc3s2)C(c2ccccc2)C(C(=O)Nc2nc3ccccc3s2)=C(C)N1. The fourth-order valence-electron chi connectivity index (χ4n) is 4.76. The van der Waals surface area contributed by atoms with E-state index >= 15 is 0 Å². The number of rotatable bonds is 5. The van der Waals surface area contributed by atoms with E-state index in [0.717, 1.165) is 26.0 Å². The number of hydrogen-bond acceptors (Lipinski definition) is 7. The molecule has 2 aromatic heterocycles. The van der Waals surface area contributed by atoms with Gasteiger partial charge < -0.3 is 5.32 Å². The van der Waals surface area contributed by atoms with Gasteiger partial charge in [-0.05, 0) is 43.7 Å². The van der Waals surface area contributed by atoms with Gasteiger partial charge in [0, 0.05) is 28.5 Å². The van der Waals surface area contributed by atoms with Crippen LogP contribution in [0.4, 0.5) is 10.3 Å². The van der Waals surface area contributed by atoms with E-state index in [4.69, 9.17) is 0 Å². The van der Waals surface area contributed by atoms with Crippen molar-refractivity contribution < 1.29 is 9.59 Å². The first-order valence-electron chi connectivity index (χ1n) is 12.1. The van der Waals surface area contributed by atoms with Gasteiger partial charge in [0.25, 0.3) is 11.8 Å². The van der Waals surface area contributed by atoms with Gasteiger partial charge in [0.1, 0.15) is 0 Å². The number of carbonyl (C=O) groups excluding carboxylic acids is 2. The third-order valence-electron chi connectivity index (χ3n) is 6.41. The first kappa shape index (κ1) is 24.0. The summed E-state index contributed by atoms with van der Waals surface area (Å²) in [6.45, 7) is 3.71. The summed E-state index contributed by atoms with van der Waals surface area (Å²) in [6.07, 6.45) is 0. The molecule has 3 N–H and O–H groups in total. The van der Waals surface area contributed by atoms with E-state index in [9.17, 15) is 9.59 Å². The summed E-state index contributed by atoms with van der Waals surface area (Å²) in [7, 11) is 0. The summed E-state index contributed by atoms with van der Waals surface area (Å²) in [5.41, 5.74) is 4.80. The molecule has 1 aliphatic heterocycles. The van der Waals surface area contributed by atoms with Gasteiger partial charge in [-0.15, -0.1) is 0 Å². The zero-order valence-corrected chi connectivity index (χ0v) is 22.2. The molecule has 0 saturated heterocycles. The molecule has 0 fully saturated rings. The van der Waals surface area contributed by atoms with Gasteiger partial charge >= 0.3 is 0 Å². The smallest absolute Gasteiger partial charge is 0.256 e. The van der Waals surface area contributed by atoms with Crippen LogP contribution in [-0.2, 0) is 9.59 Å². The Hall–Kier alpha value is -4.34. The second-order valence-corrected chi connectivity index (χ2v) is 11.0. The van der Waals surface area contributed by atoms with Crippen molar-refractivity contribution in [3.8, 4) is 0 Å². The monoisotopic (exact) mass is 537 g/mol. The lowest BCUT2D eigenvalue weighted by Crippen LogP contribution is -2.35. The number of dihydropyridines is 1. The Balaban J connectivity index is 1.36. The summed E-state index contributed by atoms with van der Waals surface area (Å²) < 4.78 is 1.98. The average Bonchev–Trinajstić information content (AvgIpc) is 3.51. The zero-order valence-electron chi connectivity index (χ0n) is 20.6. The van der Waals surface area contributed by atoms with Crippen molar-refractivity contribution in [2.45, 2.75) is 19.8 Å². The van der Waals surface area contributed by atoms with Crippen LogP contribution < -0.4 is 16.0 Å². The molecule has 2 amide bonds. The highest BCUT2D eigenvalue weighted by molar-refractivity contribution is 7.22. The predicted molar refractivity (Wildman–Crippen MR) is 154 cm³/mol. The summed E-state index contributed by atoms with van der Waals surface area (Å²) in [4.78, 5) is 36.7. The minimum Gasteiger partial charge on any atom is -0.362 e. The number of carbonyl (C=O) groups is 2. The van der Waals surface area contributed by atoms with Crippen LogP contribution in [0, 0.1) is 0 Å². The Bertz CT molecular complexity index is 1590. The molecule has 0 spiro atoms. The number of hydrogen-bond donors (Lipinski definition) is 3. The number of fused-ring (bicyclic) bond motifs is 2. The van der Waals surface area contributed by atoms with Crippen LogP contribution in [0.3, 0.4) is 0 Å². The molecule has 0 saturated carbocycles. The maximum Gasteiger partial charge on any atom is 0.256 e. The van der Waals surface area contributed by atoms with Crippen LogP contribution in [0.25, 0.3) is 20.4 Å². The van der Waals surface area contributed by atoms with Crippen molar-refractivity contribution in [2.75, 3.05) is 10.6 Å². The maximum atomic E-state index is 13.8.